The van der Waals surface area contributed by atoms with E-state index in [0.717, 1.165) is 0 Å². The van der Waals surface area contributed by atoms with Gasteiger partial charge in [0.25, 0.3) is 0 Å². The van der Waals surface area contributed by atoms with Crippen molar-refractivity contribution in [3.63, 3.8) is 0 Å². The Morgan fingerprint density at radius 2 is 1.33 bits per heavy atom. The van der Waals surface area contributed by atoms with Crippen molar-refractivity contribution in [2.75, 3.05) is 5.75 Å². The monoisotopic (exact) mass is 308 g/mol. The zero-order valence-electron chi connectivity index (χ0n) is 11.4. The highest BCUT2D eigenvalue weighted by Crippen LogP contribution is 2.29. The first-order chi connectivity index (χ1) is 9.97. The molecular weight excluding hydrogens is 294 g/mol. The highest BCUT2D eigenvalue weighted by Gasteiger charge is 2.22. The molecule has 2 aromatic carbocycles. The minimum absolute atomic E-state index is 0.0978. The van der Waals surface area contributed by atoms with Gasteiger partial charge in [-0.2, -0.15) is 0 Å². The Bertz CT molecular complexity index is 605. The summed E-state index contributed by atoms with van der Waals surface area (Å²) < 4.78 is 38.5. The van der Waals surface area contributed by atoms with Gasteiger partial charge in [0.05, 0.1) is 11.0 Å². The Morgan fingerprint density at radius 3 is 1.67 bits per heavy atom. The summed E-state index contributed by atoms with van der Waals surface area (Å²) in [6.07, 6.45) is 0. The number of hydrogen-bond acceptors (Lipinski definition) is 2. The number of rotatable bonds is 5. The fraction of sp³-hybridized carbons (Fsp3) is 0.188. The van der Waals surface area contributed by atoms with Gasteiger partial charge in [0.1, 0.15) is 17.4 Å². The van der Waals surface area contributed by atoms with Crippen molar-refractivity contribution in [1.82, 2.24) is 0 Å². The Kier molecular flexibility index (Phi) is 4.96. The van der Waals surface area contributed by atoms with Crippen LogP contribution >= 0.6 is 0 Å². The summed E-state index contributed by atoms with van der Waals surface area (Å²) in [4.78, 5) is 11.2. The van der Waals surface area contributed by atoms with Gasteiger partial charge in [-0.25, -0.2) is 8.78 Å². The Morgan fingerprint density at radius 1 is 0.952 bits per heavy atom. The van der Waals surface area contributed by atoms with Crippen LogP contribution in [0.3, 0.4) is 0 Å². The molecule has 0 saturated carbocycles. The normalized spacial score (nSPS) is 12.4. The minimum atomic E-state index is -1.50. The van der Waals surface area contributed by atoms with Crippen LogP contribution in [0.15, 0.2) is 48.5 Å². The van der Waals surface area contributed by atoms with Crippen molar-refractivity contribution in [2.24, 2.45) is 0 Å². The molecule has 0 saturated heterocycles. The third kappa shape index (κ3) is 4.04. The first-order valence-electron chi connectivity index (χ1n) is 6.35. The number of Topliss-reactive ketones (excluding diaryl/α,β-unsaturated/α-hetero) is 1. The minimum Gasteiger partial charge on any atom is -0.299 e. The molecule has 2 rings (SSSR count). The number of carbonyl (C=O) groups is 1. The number of benzene rings is 2. The quantitative estimate of drug-likeness (QED) is 0.848. The lowest BCUT2D eigenvalue weighted by molar-refractivity contribution is -0.114. The van der Waals surface area contributed by atoms with Gasteiger partial charge < -0.3 is 0 Å². The fourth-order valence-electron chi connectivity index (χ4n) is 2.05. The van der Waals surface area contributed by atoms with Crippen LogP contribution in [0.4, 0.5) is 8.78 Å². The molecule has 0 aliphatic rings. The van der Waals surface area contributed by atoms with E-state index < -0.39 is 27.7 Å². The highest BCUT2D eigenvalue weighted by atomic mass is 32.2. The van der Waals surface area contributed by atoms with Gasteiger partial charge >= 0.3 is 0 Å². The van der Waals surface area contributed by atoms with E-state index in [1.54, 1.807) is 0 Å². The summed E-state index contributed by atoms with van der Waals surface area (Å²) in [6, 6.07) is 11.2. The van der Waals surface area contributed by atoms with E-state index in [1.807, 2.05) is 0 Å². The second kappa shape index (κ2) is 6.72. The van der Waals surface area contributed by atoms with Crippen LogP contribution in [0.2, 0.25) is 0 Å². The first-order valence-corrected chi connectivity index (χ1v) is 7.73. The maximum absolute atomic E-state index is 13.0. The van der Waals surface area contributed by atoms with E-state index in [2.05, 4.69) is 0 Å². The van der Waals surface area contributed by atoms with Gasteiger partial charge in [-0.1, -0.05) is 24.3 Å². The Labute approximate surface area is 124 Å². The van der Waals surface area contributed by atoms with Crippen molar-refractivity contribution >= 4 is 16.6 Å². The molecule has 0 bridgehead atoms. The predicted molar refractivity (Wildman–Crippen MR) is 78.3 cm³/mol. The number of hydrogen-bond donors (Lipinski definition) is 0. The Hall–Kier alpha value is -1.88. The van der Waals surface area contributed by atoms with Crippen molar-refractivity contribution in [2.45, 2.75) is 12.2 Å². The van der Waals surface area contributed by atoms with Crippen LogP contribution in [-0.4, -0.2) is 15.7 Å². The molecular formula is C16H14F2O2S. The number of halogens is 2. The molecule has 0 aliphatic carbocycles. The molecule has 110 valence electrons. The Balaban J connectivity index is 2.43. The summed E-state index contributed by atoms with van der Waals surface area (Å²) in [5.41, 5.74) is 1.25. The summed E-state index contributed by atoms with van der Waals surface area (Å²) in [5.74, 6) is -1.08. The van der Waals surface area contributed by atoms with Gasteiger partial charge in [-0.15, -0.1) is 0 Å². The molecule has 2 aromatic rings. The zero-order chi connectivity index (χ0) is 15.4. The highest BCUT2D eigenvalue weighted by molar-refractivity contribution is 7.86. The van der Waals surface area contributed by atoms with Gasteiger partial charge in [-0.3, -0.25) is 9.00 Å². The molecule has 0 amide bonds. The molecule has 0 unspecified atom stereocenters. The average molecular weight is 308 g/mol. The van der Waals surface area contributed by atoms with E-state index in [9.17, 15) is 17.8 Å². The van der Waals surface area contributed by atoms with Crippen molar-refractivity contribution in [3.05, 3.63) is 71.3 Å². The van der Waals surface area contributed by atoms with E-state index >= 15 is 0 Å². The van der Waals surface area contributed by atoms with Crippen LogP contribution in [0, 0.1) is 11.6 Å². The summed E-state index contributed by atoms with van der Waals surface area (Å²) in [6.45, 7) is 1.37. The molecule has 5 heteroatoms. The third-order valence-corrected chi connectivity index (χ3v) is 4.72. The molecule has 0 radical (unpaired) electrons. The lowest BCUT2D eigenvalue weighted by atomic mass is 10.0. The molecule has 2 nitrogen and oxygen atoms in total. The zero-order valence-corrected chi connectivity index (χ0v) is 12.2. The molecule has 0 spiro atoms. The topological polar surface area (TPSA) is 34.1 Å². The summed E-state index contributed by atoms with van der Waals surface area (Å²) in [5, 5.41) is -0.588. The third-order valence-electron chi connectivity index (χ3n) is 2.95. The van der Waals surface area contributed by atoms with Crippen molar-refractivity contribution < 1.29 is 17.8 Å². The van der Waals surface area contributed by atoms with E-state index in [0.29, 0.717) is 11.1 Å². The van der Waals surface area contributed by atoms with Crippen LogP contribution in [-0.2, 0) is 15.6 Å². The van der Waals surface area contributed by atoms with Gasteiger partial charge in [0.15, 0.2) is 0 Å². The van der Waals surface area contributed by atoms with Crippen LogP contribution in [0.25, 0.3) is 0 Å². The van der Waals surface area contributed by atoms with E-state index in [1.165, 1.54) is 55.5 Å². The van der Waals surface area contributed by atoms with Crippen LogP contribution in [0.5, 0.6) is 0 Å². The van der Waals surface area contributed by atoms with E-state index in [4.69, 9.17) is 0 Å². The molecule has 1 atom stereocenters. The number of ketones is 1. The SMILES string of the molecule is CC(=O)C[S@](=O)C(c1ccc(F)cc1)c1ccc(F)cc1. The molecule has 0 fully saturated rings. The largest absolute Gasteiger partial charge is 0.299 e. The maximum Gasteiger partial charge on any atom is 0.142 e. The lowest BCUT2D eigenvalue weighted by Crippen LogP contribution is -2.16. The van der Waals surface area contributed by atoms with Gasteiger partial charge in [-0.05, 0) is 42.3 Å². The predicted octanol–water partition coefficient (Wildman–Crippen LogP) is 3.39. The summed E-state index contributed by atoms with van der Waals surface area (Å²) in [7, 11) is -1.50. The van der Waals surface area contributed by atoms with Crippen LogP contribution in [0.1, 0.15) is 23.3 Å². The first kappa shape index (κ1) is 15.5. The molecule has 21 heavy (non-hydrogen) atoms. The second-order valence-electron chi connectivity index (χ2n) is 4.71. The standard InChI is InChI=1S/C16H14F2O2S/c1-11(19)10-21(20)16(12-2-6-14(17)7-3-12)13-4-8-15(18)9-5-13/h2-9,16H,10H2,1H3/t21-/m0/s1. The molecule has 0 aromatic heterocycles. The van der Waals surface area contributed by atoms with Crippen molar-refractivity contribution in [1.29, 1.82) is 0 Å². The maximum atomic E-state index is 13.0. The smallest absolute Gasteiger partial charge is 0.142 e. The fourth-order valence-corrected chi connectivity index (χ4v) is 3.54. The van der Waals surface area contributed by atoms with Crippen molar-refractivity contribution in [3.8, 4) is 0 Å². The number of carbonyl (C=O) groups excluding carboxylic acids is 1. The second-order valence-corrected chi connectivity index (χ2v) is 6.23. The molecule has 0 heterocycles. The lowest BCUT2D eigenvalue weighted by Gasteiger charge is -2.17. The summed E-state index contributed by atoms with van der Waals surface area (Å²) >= 11 is 0. The van der Waals surface area contributed by atoms with Gasteiger partial charge in [0.2, 0.25) is 0 Å². The van der Waals surface area contributed by atoms with Gasteiger partial charge in [0, 0.05) is 10.8 Å². The molecule has 0 aliphatic heterocycles. The average Bonchev–Trinajstić information content (AvgIpc) is 2.42. The van der Waals surface area contributed by atoms with Crippen LogP contribution < -0.4 is 0 Å². The van der Waals surface area contributed by atoms with E-state index in [-0.39, 0.29) is 11.5 Å². The molecule has 0 N–H and O–H groups in total.